The van der Waals surface area contributed by atoms with Crippen LogP contribution in [0, 0.1) is 6.07 Å². The van der Waals surface area contributed by atoms with Gasteiger partial charge in [0.2, 0.25) is 23.7 Å². The molecule has 2 saturated heterocycles. The number of nitrogens with zero attached hydrogens (tertiary/aromatic N) is 6. The Kier molecular flexibility index (Phi) is 10.1. The molecular weight excluding hydrogens is 603 g/mol. The van der Waals surface area contributed by atoms with Crippen molar-refractivity contribution in [1.82, 2.24) is 25.1 Å². The molecule has 2 fully saturated rings. The van der Waals surface area contributed by atoms with Crippen LogP contribution < -0.4 is 50.0 Å². The second-order valence-electron chi connectivity index (χ2n) is 11.5. The number of anilines is 4. The van der Waals surface area contributed by atoms with Crippen molar-refractivity contribution in [3.05, 3.63) is 64.9 Å². The molecule has 0 aliphatic carbocycles. The van der Waals surface area contributed by atoms with Gasteiger partial charge in [0.15, 0.2) is 5.82 Å². The number of aryl methyl sites for hydroxylation is 1. The maximum absolute atomic E-state index is 11.9. The molecule has 2 aromatic heterocycles. The third-order valence-electron chi connectivity index (χ3n) is 8.50. The molecule has 3 aliphatic rings. The zero-order valence-electron chi connectivity index (χ0n) is 25.9. The molecule has 3 amide bonds. The van der Waals surface area contributed by atoms with E-state index in [2.05, 4.69) is 43.6 Å². The summed E-state index contributed by atoms with van der Waals surface area (Å²) in [4.78, 5) is 47.9. The number of imide groups is 1. The summed E-state index contributed by atoms with van der Waals surface area (Å²) >= 11 is 6.32. The van der Waals surface area contributed by atoms with Crippen molar-refractivity contribution >= 4 is 63.4 Å². The van der Waals surface area contributed by atoms with Crippen LogP contribution in [0.25, 0.3) is 10.9 Å². The van der Waals surface area contributed by atoms with Gasteiger partial charge in [-0.1, -0.05) is 17.0 Å². The maximum atomic E-state index is 11.9. The summed E-state index contributed by atoms with van der Waals surface area (Å²) in [5.74, 6) is 0.614. The summed E-state index contributed by atoms with van der Waals surface area (Å²) in [5, 5.41) is 11.5. The van der Waals surface area contributed by atoms with Crippen molar-refractivity contribution in [3.63, 3.8) is 0 Å². The molecule has 0 spiro atoms. The van der Waals surface area contributed by atoms with Crippen LogP contribution in [0.1, 0.15) is 56.2 Å². The Morgan fingerprint density at radius 3 is 2.71 bits per heavy atom. The summed E-state index contributed by atoms with van der Waals surface area (Å²) in [7, 11) is 3.64. The maximum Gasteiger partial charge on any atom is 1.00 e. The first kappa shape index (κ1) is 32.9. The van der Waals surface area contributed by atoms with Gasteiger partial charge in [-0.2, -0.15) is 34.3 Å². The van der Waals surface area contributed by atoms with Crippen LogP contribution in [-0.2, 0) is 27.9 Å². The molecule has 3 aliphatic heterocycles. The summed E-state index contributed by atoms with van der Waals surface area (Å²) in [6.45, 7) is 3.17. The van der Waals surface area contributed by atoms with Crippen LogP contribution in [-0.4, -0.2) is 57.1 Å². The number of carbonyl (C=O) groups excluding carboxylic acids is 3. The fraction of sp³-hybridized carbons (Fsp3) is 0.375. The van der Waals surface area contributed by atoms with Crippen LogP contribution in [0.5, 0.6) is 0 Å². The summed E-state index contributed by atoms with van der Waals surface area (Å²) in [6.07, 6.45) is 6.53. The standard InChI is InChI=1S/C19H22ClN5O.C13H12N3O2.Na/c1-12-5-3-4-8-25(12)19-21-11-15(20)18(23-19)22-14-6-7-16-13(9-14)10-17(26)24(16)2;1-16-10-5-3-2-4-8(10)12(15-16)9-6-7-11(17)14-13(9)18;/h6-7,9,11-12H,3-5,8,10H2,1-2H3,(H,21,22,23);2,4-5,9H,6-7H2,1H3,(H,14,17,18);/q;-1;+1. The van der Waals surface area contributed by atoms with E-state index in [-0.39, 0.29) is 53.2 Å². The van der Waals surface area contributed by atoms with Gasteiger partial charge in [0.1, 0.15) is 5.02 Å². The molecule has 13 heteroatoms. The first-order valence-electron chi connectivity index (χ1n) is 14.8. The molecule has 0 saturated carbocycles. The third kappa shape index (κ3) is 6.86. The molecule has 45 heavy (non-hydrogen) atoms. The number of piperidine rings is 2. The number of nitrogens with one attached hydrogen (secondary N) is 2. The molecule has 2 aromatic carbocycles. The van der Waals surface area contributed by atoms with Gasteiger partial charge in [0.25, 0.3) is 0 Å². The minimum absolute atomic E-state index is 0. The number of halogens is 1. The first-order chi connectivity index (χ1) is 21.2. The molecule has 11 nitrogen and oxygen atoms in total. The molecule has 4 aromatic rings. The van der Waals surface area contributed by atoms with Gasteiger partial charge in [-0.15, -0.1) is 0 Å². The predicted octanol–water partition coefficient (Wildman–Crippen LogP) is 1.67. The number of amides is 3. The van der Waals surface area contributed by atoms with E-state index in [4.69, 9.17) is 11.6 Å². The molecule has 2 N–H and O–H groups in total. The van der Waals surface area contributed by atoms with Crippen molar-refractivity contribution in [1.29, 1.82) is 0 Å². The van der Waals surface area contributed by atoms with E-state index >= 15 is 0 Å². The average Bonchev–Trinajstić information content (AvgIpc) is 3.49. The van der Waals surface area contributed by atoms with E-state index in [1.807, 2.05) is 37.4 Å². The fourth-order valence-electron chi connectivity index (χ4n) is 6.05. The Labute approximate surface area is 289 Å². The van der Waals surface area contributed by atoms with E-state index in [9.17, 15) is 14.4 Å². The Morgan fingerprint density at radius 2 is 1.93 bits per heavy atom. The molecule has 2 atom stereocenters. The van der Waals surface area contributed by atoms with Crippen LogP contribution in [0.4, 0.5) is 23.1 Å². The number of hydrogen-bond acceptors (Lipinski definition) is 8. The number of carbonyl (C=O) groups is 3. The van der Waals surface area contributed by atoms with Crippen LogP contribution >= 0.6 is 11.6 Å². The van der Waals surface area contributed by atoms with Crippen molar-refractivity contribution in [2.45, 2.75) is 57.4 Å². The Hall–Kier alpha value is -3.51. The number of likely N-dealkylation sites (N-methyl/N-ethyl adjacent to an activating group) is 1. The van der Waals surface area contributed by atoms with E-state index in [1.165, 1.54) is 6.42 Å². The topological polar surface area (TPSA) is 125 Å². The van der Waals surface area contributed by atoms with Crippen molar-refractivity contribution < 1.29 is 43.9 Å². The normalized spacial score (nSPS) is 19.4. The number of hydrogen-bond donors (Lipinski definition) is 2. The molecule has 2 unspecified atom stereocenters. The molecule has 0 radical (unpaired) electrons. The predicted molar refractivity (Wildman–Crippen MR) is 169 cm³/mol. The minimum Gasteiger partial charge on any atom is -0.339 e. The van der Waals surface area contributed by atoms with Crippen molar-refractivity contribution in [3.8, 4) is 0 Å². The first-order valence-corrected chi connectivity index (χ1v) is 15.2. The van der Waals surface area contributed by atoms with E-state index < -0.39 is 0 Å². The van der Waals surface area contributed by atoms with Crippen LogP contribution in [0.15, 0.2) is 42.6 Å². The smallest absolute Gasteiger partial charge is 0.339 e. The molecule has 0 bridgehead atoms. The fourth-order valence-corrected chi connectivity index (χ4v) is 6.19. The summed E-state index contributed by atoms with van der Waals surface area (Å²) in [6, 6.07) is 14.9. The van der Waals surface area contributed by atoms with Gasteiger partial charge in [-0.3, -0.25) is 19.7 Å². The van der Waals surface area contributed by atoms with Crippen LogP contribution in [0.3, 0.4) is 0 Å². The number of benzene rings is 2. The van der Waals surface area contributed by atoms with E-state index in [1.54, 1.807) is 28.9 Å². The SMILES string of the molecule is CC1CCCCN1c1ncc(Cl)c(Nc2ccc3c(c2)CC(=O)N3C)n1.Cn1nc(C2CCC(=O)NC2=O)c2cc[c-]cc21.[Na+]. The van der Waals surface area contributed by atoms with Gasteiger partial charge in [-0.05, 0) is 61.9 Å². The van der Waals surface area contributed by atoms with Crippen molar-refractivity contribution in [2.24, 2.45) is 7.05 Å². The Balaban J connectivity index is 0.000000185. The summed E-state index contributed by atoms with van der Waals surface area (Å²) < 4.78 is 1.74. The second-order valence-corrected chi connectivity index (χ2v) is 11.9. The molecule has 228 valence electrons. The number of rotatable bonds is 4. The third-order valence-corrected chi connectivity index (χ3v) is 8.78. The minimum atomic E-state index is -0.339. The number of aromatic nitrogens is 4. The van der Waals surface area contributed by atoms with Crippen LogP contribution in [0.2, 0.25) is 5.02 Å². The number of fused-ring (bicyclic) bond motifs is 2. The Morgan fingerprint density at radius 1 is 1.11 bits per heavy atom. The molecule has 5 heterocycles. The zero-order chi connectivity index (χ0) is 31.0. The van der Waals surface area contributed by atoms with E-state index in [0.29, 0.717) is 42.1 Å². The zero-order valence-corrected chi connectivity index (χ0v) is 28.7. The summed E-state index contributed by atoms with van der Waals surface area (Å²) in [5.41, 5.74) is 4.52. The average molecular weight is 637 g/mol. The van der Waals surface area contributed by atoms with Gasteiger partial charge in [0, 0.05) is 44.5 Å². The van der Waals surface area contributed by atoms with Gasteiger partial charge in [0.05, 0.1) is 24.2 Å². The van der Waals surface area contributed by atoms with Gasteiger partial charge in [-0.25, -0.2) is 4.98 Å². The molecular formula is C32H34ClN8NaO3. The van der Waals surface area contributed by atoms with Gasteiger partial charge < -0.3 is 19.8 Å². The van der Waals surface area contributed by atoms with E-state index in [0.717, 1.165) is 52.9 Å². The quantitative estimate of drug-likeness (QED) is 0.197. The largest absolute Gasteiger partial charge is 1.00 e. The molecule has 7 rings (SSSR count). The van der Waals surface area contributed by atoms with Crippen molar-refractivity contribution in [2.75, 3.05) is 28.7 Å². The second kappa shape index (κ2) is 13.9. The monoisotopic (exact) mass is 636 g/mol. The van der Waals surface area contributed by atoms with Gasteiger partial charge >= 0.3 is 29.6 Å². The Bertz CT molecular complexity index is 1760.